The van der Waals surface area contributed by atoms with Gasteiger partial charge < -0.3 is 19.6 Å². The van der Waals surface area contributed by atoms with Gasteiger partial charge in [0, 0.05) is 44.0 Å². The maximum absolute atomic E-state index is 5.82. The predicted molar refractivity (Wildman–Crippen MR) is 120 cm³/mol. The van der Waals surface area contributed by atoms with Gasteiger partial charge in [0.25, 0.3) is 0 Å². The summed E-state index contributed by atoms with van der Waals surface area (Å²) in [6.07, 6.45) is 6.83. The lowest BCUT2D eigenvalue weighted by molar-refractivity contribution is 0.160. The van der Waals surface area contributed by atoms with Gasteiger partial charge >= 0.3 is 0 Å². The second kappa shape index (κ2) is 11.5. The number of nitrogens with zero attached hydrogens (tertiary/aromatic N) is 4. The van der Waals surface area contributed by atoms with E-state index in [1.807, 2.05) is 43.3 Å². The Balaban J connectivity index is 1.27. The van der Waals surface area contributed by atoms with Crippen LogP contribution in [0.4, 0.5) is 11.5 Å². The van der Waals surface area contributed by atoms with Crippen molar-refractivity contribution >= 4 is 29.9 Å². The van der Waals surface area contributed by atoms with Gasteiger partial charge in [-0.1, -0.05) is 5.16 Å². The van der Waals surface area contributed by atoms with Gasteiger partial charge in [-0.25, -0.2) is 9.29 Å². The van der Waals surface area contributed by atoms with Crippen LogP contribution in [0.5, 0.6) is 5.75 Å². The minimum Gasteiger partial charge on any atom is -0.494 e. The Kier molecular flexibility index (Phi) is 8.45. The van der Waals surface area contributed by atoms with Crippen molar-refractivity contribution in [3.8, 4) is 5.75 Å². The van der Waals surface area contributed by atoms with Gasteiger partial charge in [-0.15, -0.1) is 0 Å². The summed E-state index contributed by atoms with van der Waals surface area (Å²) in [6, 6.07) is 11.8. The standard InChI is InChI=1S/C21H29N5O2S/c1-2-28-24-17-18-6-8-20(9-7-18)27-15-5-3-4-12-25-13-14-26(29-25)19-10-11-23-21(22)16-19/h6-11,16-17H,2-5,12-15H2,1H3,(H2,22,23)/b24-17+. The Morgan fingerprint density at radius 2 is 2.03 bits per heavy atom. The van der Waals surface area contributed by atoms with Crippen molar-refractivity contribution in [2.75, 3.05) is 42.9 Å². The first kappa shape index (κ1) is 21.3. The molecule has 0 radical (unpaired) electrons. The van der Waals surface area contributed by atoms with Crippen LogP contribution in [-0.4, -0.2) is 48.4 Å². The van der Waals surface area contributed by atoms with E-state index in [-0.39, 0.29) is 0 Å². The highest BCUT2D eigenvalue weighted by Crippen LogP contribution is 2.30. The highest BCUT2D eigenvalue weighted by Gasteiger charge is 2.21. The minimum atomic E-state index is 0.565. The number of hydrogen-bond acceptors (Lipinski definition) is 8. The molecule has 1 aliphatic rings. The summed E-state index contributed by atoms with van der Waals surface area (Å²) < 4.78 is 10.5. The van der Waals surface area contributed by atoms with Crippen LogP contribution in [0.2, 0.25) is 0 Å². The lowest BCUT2D eigenvalue weighted by Gasteiger charge is -2.18. The number of anilines is 2. The van der Waals surface area contributed by atoms with Crippen LogP contribution in [0.15, 0.2) is 47.8 Å². The summed E-state index contributed by atoms with van der Waals surface area (Å²) in [7, 11) is 0. The summed E-state index contributed by atoms with van der Waals surface area (Å²) >= 11 is 1.77. The van der Waals surface area contributed by atoms with Gasteiger partial charge in [0.15, 0.2) is 0 Å². The Morgan fingerprint density at radius 1 is 1.17 bits per heavy atom. The number of benzene rings is 1. The van der Waals surface area contributed by atoms with E-state index in [0.717, 1.165) is 62.5 Å². The summed E-state index contributed by atoms with van der Waals surface area (Å²) in [6.45, 7) is 6.36. The van der Waals surface area contributed by atoms with Crippen molar-refractivity contribution in [3.63, 3.8) is 0 Å². The van der Waals surface area contributed by atoms with E-state index in [0.29, 0.717) is 12.4 Å². The molecular weight excluding hydrogens is 386 g/mol. The summed E-state index contributed by atoms with van der Waals surface area (Å²) in [4.78, 5) is 9.02. The van der Waals surface area contributed by atoms with Crippen molar-refractivity contribution in [3.05, 3.63) is 48.2 Å². The molecule has 0 saturated carbocycles. The molecule has 0 spiro atoms. The molecule has 1 saturated heterocycles. The quantitative estimate of drug-likeness (QED) is 0.258. The van der Waals surface area contributed by atoms with Crippen molar-refractivity contribution in [2.45, 2.75) is 26.2 Å². The van der Waals surface area contributed by atoms with Gasteiger partial charge in [-0.3, -0.25) is 0 Å². The molecule has 0 bridgehead atoms. The zero-order valence-electron chi connectivity index (χ0n) is 16.9. The van der Waals surface area contributed by atoms with Crippen molar-refractivity contribution < 1.29 is 9.57 Å². The molecule has 1 aromatic carbocycles. The topological polar surface area (TPSA) is 76.2 Å². The average Bonchev–Trinajstić information content (AvgIpc) is 3.21. The van der Waals surface area contributed by atoms with E-state index in [1.165, 1.54) is 0 Å². The zero-order valence-corrected chi connectivity index (χ0v) is 17.7. The van der Waals surface area contributed by atoms with Crippen LogP contribution in [0.1, 0.15) is 31.7 Å². The van der Waals surface area contributed by atoms with E-state index >= 15 is 0 Å². The zero-order chi connectivity index (χ0) is 20.3. The predicted octanol–water partition coefficient (Wildman–Crippen LogP) is 3.97. The van der Waals surface area contributed by atoms with Crippen LogP contribution in [0, 0.1) is 0 Å². The number of nitrogens with two attached hydrogens (primary N) is 1. The molecule has 1 aromatic heterocycles. The summed E-state index contributed by atoms with van der Waals surface area (Å²) in [5.74, 6) is 1.45. The van der Waals surface area contributed by atoms with Gasteiger partial charge in [0.2, 0.25) is 0 Å². The Morgan fingerprint density at radius 3 is 2.83 bits per heavy atom. The molecular formula is C21H29N5O2S. The number of hydrogen-bond donors (Lipinski definition) is 1. The molecule has 2 heterocycles. The molecule has 2 aromatic rings. The van der Waals surface area contributed by atoms with Crippen LogP contribution in [-0.2, 0) is 4.84 Å². The number of oxime groups is 1. The van der Waals surface area contributed by atoms with Gasteiger partial charge in [-0.2, -0.15) is 0 Å². The number of aromatic nitrogens is 1. The molecule has 0 aliphatic carbocycles. The SMILES string of the molecule is CCO/N=C/c1ccc(OCCCCCN2CCN(c3ccnc(N)c3)S2)cc1. The van der Waals surface area contributed by atoms with E-state index in [9.17, 15) is 0 Å². The third-order valence-electron chi connectivity index (χ3n) is 4.43. The molecule has 1 aliphatic heterocycles. The third-order valence-corrected chi connectivity index (χ3v) is 5.61. The lowest BCUT2D eigenvalue weighted by Crippen LogP contribution is -2.14. The molecule has 0 amide bonds. The fourth-order valence-electron chi connectivity index (χ4n) is 2.92. The average molecular weight is 416 g/mol. The molecule has 29 heavy (non-hydrogen) atoms. The number of nitrogen functional groups attached to an aromatic ring is 1. The smallest absolute Gasteiger partial charge is 0.125 e. The highest BCUT2D eigenvalue weighted by molar-refractivity contribution is 7.98. The molecule has 8 heteroatoms. The van der Waals surface area contributed by atoms with E-state index < -0.39 is 0 Å². The molecule has 156 valence electrons. The fourth-order valence-corrected chi connectivity index (χ4v) is 3.95. The van der Waals surface area contributed by atoms with Crippen molar-refractivity contribution in [2.24, 2.45) is 5.16 Å². The maximum atomic E-state index is 5.82. The number of rotatable bonds is 11. The first-order valence-electron chi connectivity index (χ1n) is 10.0. The number of unbranched alkanes of at least 4 members (excludes halogenated alkanes) is 2. The Hall–Kier alpha value is -2.45. The fraction of sp³-hybridized carbons (Fsp3) is 0.429. The van der Waals surface area contributed by atoms with Crippen molar-refractivity contribution in [1.29, 1.82) is 0 Å². The summed E-state index contributed by atoms with van der Waals surface area (Å²) in [5.41, 5.74) is 7.89. The van der Waals surface area contributed by atoms with Crippen LogP contribution in [0.25, 0.3) is 0 Å². The molecule has 0 unspecified atom stereocenters. The van der Waals surface area contributed by atoms with Crippen LogP contribution >= 0.6 is 12.1 Å². The van der Waals surface area contributed by atoms with E-state index in [2.05, 4.69) is 18.8 Å². The van der Waals surface area contributed by atoms with E-state index in [4.69, 9.17) is 15.3 Å². The maximum Gasteiger partial charge on any atom is 0.125 e. The first-order chi connectivity index (χ1) is 14.2. The van der Waals surface area contributed by atoms with Crippen LogP contribution in [0.3, 0.4) is 0 Å². The molecule has 1 fully saturated rings. The summed E-state index contributed by atoms with van der Waals surface area (Å²) in [5, 5.41) is 3.86. The Bertz CT molecular complexity index is 772. The number of ether oxygens (including phenoxy) is 1. The third kappa shape index (κ3) is 7.14. The normalized spacial score (nSPS) is 14.6. The van der Waals surface area contributed by atoms with Crippen LogP contribution < -0.4 is 14.8 Å². The molecule has 0 atom stereocenters. The Labute approximate surface area is 177 Å². The van der Waals surface area contributed by atoms with Crippen molar-refractivity contribution in [1.82, 2.24) is 9.29 Å². The molecule has 2 N–H and O–H groups in total. The van der Waals surface area contributed by atoms with Gasteiger partial charge in [0.1, 0.15) is 18.2 Å². The molecule has 3 rings (SSSR count). The van der Waals surface area contributed by atoms with Gasteiger partial charge in [-0.05, 0) is 62.1 Å². The van der Waals surface area contributed by atoms with E-state index in [1.54, 1.807) is 24.5 Å². The second-order valence-corrected chi connectivity index (χ2v) is 7.80. The largest absolute Gasteiger partial charge is 0.494 e. The highest BCUT2D eigenvalue weighted by atomic mass is 32.2. The second-order valence-electron chi connectivity index (χ2n) is 6.68. The minimum absolute atomic E-state index is 0.565. The lowest BCUT2D eigenvalue weighted by atomic mass is 10.2. The first-order valence-corrected chi connectivity index (χ1v) is 10.8. The van der Waals surface area contributed by atoms with Gasteiger partial charge in [0.05, 0.1) is 18.5 Å². The monoisotopic (exact) mass is 415 g/mol. The molecule has 7 nitrogen and oxygen atoms in total. The number of pyridine rings is 1.